The smallest absolute Gasteiger partial charge is 0.0519 e. The molecule has 0 aliphatic carbocycles. The van der Waals surface area contributed by atoms with Gasteiger partial charge >= 0.3 is 0 Å². The number of anilines is 1. The van der Waals surface area contributed by atoms with E-state index in [1.54, 1.807) is 0 Å². The molecule has 0 amide bonds. The fourth-order valence-electron chi connectivity index (χ4n) is 2.41. The fraction of sp³-hybridized carbons (Fsp3) is 0.412. The summed E-state index contributed by atoms with van der Waals surface area (Å²) in [6.45, 7) is 6.43. The van der Waals surface area contributed by atoms with Gasteiger partial charge in [-0.05, 0) is 49.0 Å². The molecule has 4 heteroatoms. The highest BCUT2D eigenvalue weighted by Gasteiger charge is 2.14. The zero-order chi connectivity index (χ0) is 15.2. The Morgan fingerprint density at radius 2 is 2.14 bits per heavy atom. The summed E-state index contributed by atoms with van der Waals surface area (Å²) in [5, 5.41) is 5.72. The van der Waals surface area contributed by atoms with Gasteiger partial charge in [-0.1, -0.05) is 35.0 Å². The normalized spacial score (nSPS) is 12.4. The molecule has 1 unspecified atom stereocenters. The number of benzene rings is 1. The lowest BCUT2D eigenvalue weighted by molar-refractivity contribution is 0.570. The van der Waals surface area contributed by atoms with Crippen molar-refractivity contribution in [1.82, 2.24) is 5.32 Å². The van der Waals surface area contributed by atoms with Crippen molar-refractivity contribution >= 4 is 33.0 Å². The minimum absolute atomic E-state index is 0.360. The van der Waals surface area contributed by atoms with Gasteiger partial charge in [0, 0.05) is 28.1 Å². The van der Waals surface area contributed by atoms with Crippen LogP contribution in [0.3, 0.4) is 0 Å². The quantitative estimate of drug-likeness (QED) is 0.723. The Balaban J connectivity index is 2.21. The Labute approximate surface area is 140 Å². The molecule has 2 aromatic rings. The van der Waals surface area contributed by atoms with Crippen molar-refractivity contribution in [2.45, 2.75) is 32.9 Å². The van der Waals surface area contributed by atoms with Crippen molar-refractivity contribution in [2.75, 3.05) is 18.5 Å². The van der Waals surface area contributed by atoms with Crippen molar-refractivity contribution in [3.8, 4) is 0 Å². The molecule has 2 rings (SSSR count). The first-order chi connectivity index (χ1) is 10.1. The predicted octanol–water partition coefficient (Wildman–Crippen LogP) is 5.21. The molecule has 0 radical (unpaired) electrons. The number of rotatable bonds is 7. The fourth-order valence-corrected chi connectivity index (χ4v) is 3.51. The molecular formula is C17H23BrN2S. The van der Waals surface area contributed by atoms with E-state index in [1.165, 1.54) is 16.1 Å². The monoisotopic (exact) mass is 366 g/mol. The molecule has 1 aromatic heterocycles. The summed E-state index contributed by atoms with van der Waals surface area (Å²) in [7, 11) is 2.16. The van der Waals surface area contributed by atoms with Crippen molar-refractivity contribution < 1.29 is 0 Å². The van der Waals surface area contributed by atoms with E-state index >= 15 is 0 Å². The highest BCUT2D eigenvalue weighted by molar-refractivity contribution is 9.10. The van der Waals surface area contributed by atoms with Crippen molar-refractivity contribution in [1.29, 1.82) is 0 Å². The topological polar surface area (TPSA) is 15.3 Å². The first-order valence-corrected chi connectivity index (χ1v) is 9.05. The third-order valence-electron chi connectivity index (χ3n) is 3.54. The van der Waals surface area contributed by atoms with Crippen LogP contribution in [-0.2, 0) is 6.54 Å². The van der Waals surface area contributed by atoms with Crippen molar-refractivity contribution in [3.05, 3.63) is 50.6 Å². The van der Waals surface area contributed by atoms with Crippen LogP contribution >= 0.6 is 27.3 Å². The molecule has 1 atom stereocenters. The van der Waals surface area contributed by atoms with Crippen LogP contribution < -0.4 is 10.2 Å². The van der Waals surface area contributed by atoms with Gasteiger partial charge in [0.05, 0.1) is 6.54 Å². The van der Waals surface area contributed by atoms with Gasteiger partial charge in [0.15, 0.2) is 0 Å². The van der Waals surface area contributed by atoms with Gasteiger partial charge in [-0.2, -0.15) is 0 Å². The van der Waals surface area contributed by atoms with Crippen LogP contribution in [0, 0.1) is 0 Å². The Hall–Kier alpha value is -0.840. The molecule has 1 N–H and O–H groups in total. The molecule has 1 aromatic carbocycles. The third kappa shape index (κ3) is 4.56. The SMILES string of the molecule is CCCNC(C)c1ccc(Br)cc1N(C)Cc1cccs1. The number of nitrogens with one attached hydrogen (secondary N) is 1. The molecule has 0 aliphatic heterocycles. The van der Waals surface area contributed by atoms with Gasteiger partial charge in [-0.25, -0.2) is 0 Å². The Kier molecular flexibility index (Phi) is 6.27. The van der Waals surface area contributed by atoms with Crippen LogP contribution in [-0.4, -0.2) is 13.6 Å². The summed E-state index contributed by atoms with van der Waals surface area (Å²) >= 11 is 5.41. The van der Waals surface area contributed by atoms with E-state index in [9.17, 15) is 0 Å². The minimum atomic E-state index is 0.360. The highest BCUT2D eigenvalue weighted by Crippen LogP contribution is 2.30. The van der Waals surface area contributed by atoms with E-state index in [-0.39, 0.29) is 0 Å². The molecule has 0 bridgehead atoms. The number of hydrogen-bond donors (Lipinski definition) is 1. The second-order valence-electron chi connectivity index (χ2n) is 5.31. The predicted molar refractivity (Wildman–Crippen MR) is 97.3 cm³/mol. The summed E-state index contributed by atoms with van der Waals surface area (Å²) in [5.41, 5.74) is 2.64. The average molecular weight is 367 g/mol. The van der Waals surface area contributed by atoms with Crippen LogP contribution in [0.15, 0.2) is 40.2 Å². The van der Waals surface area contributed by atoms with E-state index in [4.69, 9.17) is 0 Å². The van der Waals surface area contributed by atoms with Gasteiger partial charge in [0.2, 0.25) is 0 Å². The van der Waals surface area contributed by atoms with Crippen LogP contribution in [0.25, 0.3) is 0 Å². The Morgan fingerprint density at radius 1 is 1.33 bits per heavy atom. The largest absolute Gasteiger partial charge is 0.369 e. The van der Waals surface area contributed by atoms with Crippen molar-refractivity contribution in [3.63, 3.8) is 0 Å². The molecular weight excluding hydrogens is 344 g/mol. The summed E-state index contributed by atoms with van der Waals surface area (Å²) < 4.78 is 1.13. The van der Waals surface area contributed by atoms with Crippen LogP contribution in [0.5, 0.6) is 0 Å². The molecule has 2 nitrogen and oxygen atoms in total. The summed E-state index contributed by atoms with van der Waals surface area (Å²) in [6.07, 6.45) is 1.15. The van der Waals surface area contributed by atoms with Gasteiger partial charge in [0.25, 0.3) is 0 Å². The van der Waals surface area contributed by atoms with Crippen LogP contribution in [0.4, 0.5) is 5.69 Å². The van der Waals surface area contributed by atoms with Gasteiger partial charge in [-0.15, -0.1) is 11.3 Å². The number of thiophene rings is 1. The molecule has 0 aliphatic rings. The molecule has 21 heavy (non-hydrogen) atoms. The molecule has 0 spiro atoms. The number of halogens is 1. The lowest BCUT2D eigenvalue weighted by Gasteiger charge is -2.25. The third-order valence-corrected chi connectivity index (χ3v) is 4.90. The van der Waals surface area contributed by atoms with E-state index in [2.05, 4.69) is 82.8 Å². The van der Waals surface area contributed by atoms with E-state index < -0.39 is 0 Å². The second-order valence-corrected chi connectivity index (χ2v) is 7.26. The maximum Gasteiger partial charge on any atom is 0.0519 e. The van der Waals surface area contributed by atoms with Crippen molar-refractivity contribution in [2.24, 2.45) is 0 Å². The number of hydrogen-bond acceptors (Lipinski definition) is 3. The molecule has 0 saturated carbocycles. The molecule has 1 heterocycles. The maximum absolute atomic E-state index is 3.60. The van der Waals surface area contributed by atoms with E-state index in [0.29, 0.717) is 6.04 Å². The lowest BCUT2D eigenvalue weighted by atomic mass is 10.0. The second kappa shape index (κ2) is 7.97. The summed E-state index contributed by atoms with van der Waals surface area (Å²) in [5.74, 6) is 0. The van der Waals surface area contributed by atoms with Gasteiger partial charge < -0.3 is 10.2 Å². The Bertz CT molecular complexity index is 554. The summed E-state index contributed by atoms with van der Waals surface area (Å²) in [4.78, 5) is 3.72. The Morgan fingerprint density at radius 3 is 2.81 bits per heavy atom. The van der Waals surface area contributed by atoms with Crippen LogP contribution in [0.2, 0.25) is 0 Å². The van der Waals surface area contributed by atoms with E-state index in [1.807, 2.05) is 11.3 Å². The minimum Gasteiger partial charge on any atom is -0.369 e. The van der Waals surface area contributed by atoms with Gasteiger partial charge in [0.1, 0.15) is 0 Å². The van der Waals surface area contributed by atoms with E-state index in [0.717, 1.165) is 24.0 Å². The standard InChI is InChI=1S/C17H23BrN2S/c1-4-9-19-13(2)16-8-7-14(18)11-17(16)20(3)12-15-6-5-10-21-15/h5-8,10-11,13,19H,4,9,12H2,1-3H3. The molecule has 114 valence electrons. The number of nitrogens with zero attached hydrogens (tertiary/aromatic N) is 1. The zero-order valence-electron chi connectivity index (χ0n) is 12.9. The molecule has 0 saturated heterocycles. The molecule has 0 fully saturated rings. The summed E-state index contributed by atoms with van der Waals surface area (Å²) in [6, 6.07) is 11.2. The van der Waals surface area contributed by atoms with Gasteiger partial charge in [-0.3, -0.25) is 0 Å². The zero-order valence-corrected chi connectivity index (χ0v) is 15.3. The first kappa shape index (κ1) is 16.5. The average Bonchev–Trinajstić information content (AvgIpc) is 2.97. The maximum atomic E-state index is 3.60. The lowest BCUT2D eigenvalue weighted by Crippen LogP contribution is -2.23. The first-order valence-electron chi connectivity index (χ1n) is 7.38. The highest BCUT2D eigenvalue weighted by atomic mass is 79.9. The van der Waals surface area contributed by atoms with Crippen LogP contribution in [0.1, 0.15) is 36.8 Å².